The molecule has 1 aliphatic rings. The molecule has 0 aromatic carbocycles. The first-order valence-corrected chi connectivity index (χ1v) is 6.43. The summed E-state index contributed by atoms with van der Waals surface area (Å²) in [5.41, 5.74) is 1.27. The van der Waals surface area contributed by atoms with Crippen molar-refractivity contribution in [2.24, 2.45) is 18.9 Å². The van der Waals surface area contributed by atoms with Gasteiger partial charge in [0.05, 0.1) is 5.69 Å². The molecule has 2 unspecified atom stereocenters. The van der Waals surface area contributed by atoms with Crippen LogP contribution in [0.5, 0.6) is 0 Å². The van der Waals surface area contributed by atoms with Gasteiger partial charge in [-0.05, 0) is 37.3 Å². The van der Waals surface area contributed by atoms with Gasteiger partial charge in [-0.15, -0.1) is 0 Å². The molecule has 1 aromatic rings. The Kier molecular flexibility index (Phi) is 3.99. The first-order chi connectivity index (χ1) is 7.75. The summed E-state index contributed by atoms with van der Waals surface area (Å²) in [6.07, 6.45) is 7.51. The molecule has 1 saturated carbocycles. The van der Waals surface area contributed by atoms with Crippen molar-refractivity contribution in [2.45, 2.75) is 39.2 Å². The van der Waals surface area contributed by atoms with Crippen LogP contribution in [0.25, 0.3) is 0 Å². The number of aromatic nitrogens is 2. The van der Waals surface area contributed by atoms with Gasteiger partial charge in [0.2, 0.25) is 0 Å². The van der Waals surface area contributed by atoms with Gasteiger partial charge in [-0.3, -0.25) is 4.68 Å². The molecule has 16 heavy (non-hydrogen) atoms. The van der Waals surface area contributed by atoms with Gasteiger partial charge < -0.3 is 5.32 Å². The summed E-state index contributed by atoms with van der Waals surface area (Å²) in [7, 11) is 2.00. The van der Waals surface area contributed by atoms with Crippen LogP contribution in [0.15, 0.2) is 12.3 Å². The molecule has 3 heteroatoms. The normalized spacial score (nSPS) is 25.9. The average Bonchev–Trinajstić information content (AvgIpc) is 2.65. The van der Waals surface area contributed by atoms with Crippen LogP contribution >= 0.6 is 0 Å². The Balaban J connectivity index is 1.70. The van der Waals surface area contributed by atoms with Crippen molar-refractivity contribution in [3.8, 4) is 0 Å². The Labute approximate surface area is 98.2 Å². The molecular weight excluding hydrogens is 198 g/mol. The van der Waals surface area contributed by atoms with Gasteiger partial charge in [0.1, 0.15) is 0 Å². The SMILES string of the molecule is CC1CCCC(CNCc2ccnn2C)C1. The second-order valence-electron chi connectivity index (χ2n) is 5.21. The predicted molar refractivity (Wildman–Crippen MR) is 66.0 cm³/mol. The maximum absolute atomic E-state index is 4.17. The number of hydrogen-bond donors (Lipinski definition) is 1. The third-order valence-corrected chi connectivity index (χ3v) is 3.71. The Morgan fingerprint density at radius 3 is 3.06 bits per heavy atom. The highest BCUT2D eigenvalue weighted by Gasteiger charge is 2.18. The van der Waals surface area contributed by atoms with E-state index in [9.17, 15) is 0 Å². The van der Waals surface area contributed by atoms with E-state index >= 15 is 0 Å². The molecule has 2 atom stereocenters. The maximum atomic E-state index is 4.17. The molecule has 0 amide bonds. The largest absolute Gasteiger partial charge is 0.311 e. The number of aryl methyl sites for hydroxylation is 1. The van der Waals surface area contributed by atoms with Crippen LogP contribution in [0, 0.1) is 11.8 Å². The van der Waals surface area contributed by atoms with Gasteiger partial charge in [-0.1, -0.05) is 19.8 Å². The van der Waals surface area contributed by atoms with Crippen molar-refractivity contribution >= 4 is 0 Å². The van der Waals surface area contributed by atoms with Gasteiger partial charge in [-0.2, -0.15) is 5.10 Å². The van der Waals surface area contributed by atoms with E-state index in [1.165, 1.54) is 31.4 Å². The molecule has 0 spiro atoms. The van der Waals surface area contributed by atoms with Crippen molar-refractivity contribution in [1.82, 2.24) is 15.1 Å². The molecule has 0 saturated heterocycles. The number of hydrogen-bond acceptors (Lipinski definition) is 2. The molecule has 90 valence electrons. The fourth-order valence-corrected chi connectivity index (χ4v) is 2.72. The Hall–Kier alpha value is -0.830. The molecule has 2 rings (SSSR count). The highest BCUT2D eigenvalue weighted by Crippen LogP contribution is 2.27. The average molecular weight is 221 g/mol. The fourth-order valence-electron chi connectivity index (χ4n) is 2.72. The smallest absolute Gasteiger partial charge is 0.0518 e. The Morgan fingerprint density at radius 1 is 1.50 bits per heavy atom. The molecule has 1 aliphatic carbocycles. The molecule has 0 bridgehead atoms. The summed E-state index contributed by atoms with van der Waals surface area (Å²) in [6.45, 7) is 4.49. The van der Waals surface area contributed by atoms with Crippen LogP contribution in [0.2, 0.25) is 0 Å². The maximum Gasteiger partial charge on any atom is 0.0518 e. The highest BCUT2D eigenvalue weighted by molar-refractivity contribution is 4.99. The lowest BCUT2D eigenvalue weighted by Crippen LogP contribution is -2.27. The van der Waals surface area contributed by atoms with Gasteiger partial charge in [0, 0.05) is 19.8 Å². The molecule has 3 nitrogen and oxygen atoms in total. The first kappa shape index (κ1) is 11.6. The standard InChI is InChI=1S/C13H23N3/c1-11-4-3-5-12(8-11)9-14-10-13-6-7-15-16(13)2/h6-7,11-12,14H,3-5,8-10H2,1-2H3. The van der Waals surface area contributed by atoms with Crippen LogP contribution in [0.3, 0.4) is 0 Å². The summed E-state index contributed by atoms with van der Waals surface area (Å²) >= 11 is 0. The molecule has 1 aromatic heterocycles. The summed E-state index contributed by atoms with van der Waals surface area (Å²) in [5.74, 6) is 1.81. The minimum atomic E-state index is 0.886. The zero-order chi connectivity index (χ0) is 11.4. The van der Waals surface area contributed by atoms with Crippen LogP contribution in [-0.2, 0) is 13.6 Å². The van der Waals surface area contributed by atoms with Crippen LogP contribution in [0.1, 0.15) is 38.3 Å². The lowest BCUT2D eigenvalue weighted by Gasteiger charge is -2.26. The second-order valence-corrected chi connectivity index (χ2v) is 5.21. The number of rotatable bonds is 4. The topological polar surface area (TPSA) is 29.9 Å². The van der Waals surface area contributed by atoms with E-state index in [0.717, 1.165) is 24.9 Å². The Morgan fingerprint density at radius 2 is 2.38 bits per heavy atom. The van der Waals surface area contributed by atoms with Gasteiger partial charge in [0.25, 0.3) is 0 Å². The van der Waals surface area contributed by atoms with Crippen LogP contribution in [0.4, 0.5) is 0 Å². The minimum Gasteiger partial charge on any atom is -0.311 e. The van der Waals surface area contributed by atoms with Crippen molar-refractivity contribution in [3.05, 3.63) is 18.0 Å². The second kappa shape index (κ2) is 5.48. The van der Waals surface area contributed by atoms with Crippen molar-refractivity contribution in [3.63, 3.8) is 0 Å². The van der Waals surface area contributed by atoms with Crippen molar-refractivity contribution < 1.29 is 0 Å². The van der Waals surface area contributed by atoms with Crippen molar-refractivity contribution in [2.75, 3.05) is 6.54 Å². The van der Waals surface area contributed by atoms with E-state index in [1.54, 1.807) is 0 Å². The van der Waals surface area contributed by atoms with E-state index in [2.05, 4.69) is 23.4 Å². The zero-order valence-corrected chi connectivity index (χ0v) is 10.4. The minimum absolute atomic E-state index is 0.886. The summed E-state index contributed by atoms with van der Waals surface area (Å²) in [5, 5.41) is 7.73. The third-order valence-electron chi connectivity index (χ3n) is 3.71. The summed E-state index contributed by atoms with van der Waals surface area (Å²) in [6, 6.07) is 2.08. The molecule has 1 heterocycles. The van der Waals surface area contributed by atoms with E-state index in [4.69, 9.17) is 0 Å². The van der Waals surface area contributed by atoms with E-state index < -0.39 is 0 Å². The quantitative estimate of drug-likeness (QED) is 0.845. The predicted octanol–water partition coefficient (Wildman–Crippen LogP) is 2.34. The molecule has 0 aliphatic heterocycles. The lowest BCUT2D eigenvalue weighted by molar-refractivity contribution is 0.273. The third kappa shape index (κ3) is 3.08. The van der Waals surface area contributed by atoms with E-state index in [-0.39, 0.29) is 0 Å². The highest BCUT2D eigenvalue weighted by atomic mass is 15.3. The Bertz CT molecular complexity index is 319. The molecule has 1 N–H and O–H groups in total. The van der Waals surface area contributed by atoms with Gasteiger partial charge >= 0.3 is 0 Å². The number of nitrogens with zero attached hydrogens (tertiary/aromatic N) is 2. The zero-order valence-electron chi connectivity index (χ0n) is 10.4. The van der Waals surface area contributed by atoms with Crippen LogP contribution in [-0.4, -0.2) is 16.3 Å². The fraction of sp³-hybridized carbons (Fsp3) is 0.769. The van der Waals surface area contributed by atoms with E-state index in [1.807, 2.05) is 17.9 Å². The monoisotopic (exact) mass is 221 g/mol. The molecular formula is C13H23N3. The van der Waals surface area contributed by atoms with Crippen molar-refractivity contribution in [1.29, 1.82) is 0 Å². The lowest BCUT2D eigenvalue weighted by atomic mass is 9.82. The molecule has 1 fully saturated rings. The summed E-state index contributed by atoms with van der Waals surface area (Å²) in [4.78, 5) is 0. The van der Waals surface area contributed by atoms with Gasteiger partial charge in [0.15, 0.2) is 0 Å². The van der Waals surface area contributed by atoms with Crippen LogP contribution < -0.4 is 5.32 Å². The first-order valence-electron chi connectivity index (χ1n) is 6.43. The molecule has 0 radical (unpaired) electrons. The van der Waals surface area contributed by atoms with E-state index in [0.29, 0.717) is 0 Å². The summed E-state index contributed by atoms with van der Waals surface area (Å²) < 4.78 is 1.94. The number of nitrogens with one attached hydrogen (secondary N) is 1. The van der Waals surface area contributed by atoms with Gasteiger partial charge in [-0.25, -0.2) is 0 Å².